The van der Waals surface area contributed by atoms with Crippen LogP contribution in [0.1, 0.15) is 18.1 Å². The summed E-state index contributed by atoms with van der Waals surface area (Å²) < 4.78 is 37.1. The van der Waals surface area contributed by atoms with Gasteiger partial charge in [0.15, 0.2) is 5.78 Å². The number of ketones is 1. The molecule has 86 valence electrons. The third-order valence-corrected chi connectivity index (χ3v) is 2.47. The second kappa shape index (κ2) is 4.82. The standard InChI is InChI=1S/C11H8BrF3O/c1-7(16)2-3-8-4-5-9(10(12)6-8)11(13,14)15/h2-6H,1H3/b3-2+. The fraction of sp³-hybridized carbons (Fsp3) is 0.182. The Balaban J connectivity index is 3.05. The normalized spacial score (nSPS) is 12.1. The highest BCUT2D eigenvalue weighted by Gasteiger charge is 2.32. The molecule has 0 aliphatic rings. The van der Waals surface area contributed by atoms with Crippen molar-refractivity contribution in [3.63, 3.8) is 0 Å². The van der Waals surface area contributed by atoms with Gasteiger partial charge in [-0.15, -0.1) is 0 Å². The van der Waals surface area contributed by atoms with E-state index in [2.05, 4.69) is 15.9 Å². The molecule has 0 saturated heterocycles. The smallest absolute Gasteiger partial charge is 0.295 e. The first-order valence-corrected chi connectivity index (χ1v) is 5.15. The highest BCUT2D eigenvalue weighted by Crippen LogP contribution is 2.35. The van der Waals surface area contributed by atoms with Crippen molar-refractivity contribution in [2.24, 2.45) is 0 Å². The summed E-state index contributed by atoms with van der Waals surface area (Å²) in [6, 6.07) is 3.61. The number of halogens is 4. The topological polar surface area (TPSA) is 17.1 Å². The quantitative estimate of drug-likeness (QED) is 0.751. The summed E-state index contributed by atoms with van der Waals surface area (Å²) in [5.41, 5.74) is -0.192. The summed E-state index contributed by atoms with van der Waals surface area (Å²) >= 11 is 2.85. The zero-order valence-electron chi connectivity index (χ0n) is 8.31. The van der Waals surface area contributed by atoms with Crippen LogP contribution in [0.4, 0.5) is 13.2 Å². The van der Waals surface area contributed by atoms with E-state index in [1.165, 1.54) is 31.2 Å². The summed E-state index contributed by atoms with van der Waals surface area (Å²) in [6.07, 6.45) is -1.61. The van der Waals surface area contributed by atoms with Crippen LogP contribution in [0.25, 0.3) is 6.08 Å². The molecular formula is C11H8BrF3O. The van der Waals surface area contributed by atoms with Crippen LogP contribution in [-0.2, 0) is 11.0 Å². The number of hydrogen-bond acceptors (Lipinski definition) is 1. The maximum absolute atomic E-state index is 12.4. The van der Waals surface area contributed by atoms with Gasteiger partial charge in [-0.25, -0.2) is 0 Å². The van der Waals surface area contributed by atoms with E-state index >= 15 is 0 Å². The molecule has 1 rings (SSSR count). The van der Waals surface area contributed by atoms with Gasteiger partial charge in [-0.3, -0.25) is 4.79 Å². The van der Waals surface area contributed by atoms with Gasteiger partial charge in [0.2, 0.25) is 0 Å². The Morgan fingerprint density at radius 1 is 1.38 bits per heavy atom. The van der Waals surface area contributed by atoms with Gasteiger partial charge in [-0.05, 0) is 30.7 Å². The van der Waals surface area contributed by atoms with E-state index in [9.17, 15) is 18.0 Å². The van der Waals surface area contributed by atoms with Gasteiger partial charge < -0.3 is 0 Å². The molecule has 5 heteroatoms. The van der Waals surface area contributed by atoms with Crippen molar-refractivity contribution in [1.82, 2.24) is 0 Å². The molecule has 0 unspecified atom stereocenters. The number of alkyl halides is 3. The van der Waals surface area contributed by atoms with Crippen LogP contribution in [0.15, 0.2) is 28.7 Å². The number of rotatable bonds is 2. The van der Waals surface area contributed by atoms with Crippen LogP contribution in [-0.4, -0.2) is 5.78 Å². The van der Waals surface area contributed by atoms with E-state index in [1.54, 1.807) is 0 Å². The second-order valence-electron chi connectivity index (χ2n) is 3.18. The van der Waals surface area contributed by atoms with Crippen LogP contribution < -0.4 is 0 Å². The van der Waals surface area contributed by atoms with E-state index in [4.69, 9.17) is 0 Å². The first kappa shape index (κ1) is 13.0. The molecule has 1 nitrogen and oxygen atoms in total. The van der Waals surface area contributed by atoms with Gasteiger partial charge in [0.05, 0.1) is 5.56 Å². The number of allylic oxidation sites excluding steroid dienone is 1. The van der Waals surface area contributed by atoms with E-state index < -0.39 is 11.7 Å². The third-order valence-electron chi connectivity index (χ3n) is 1.81. The fourth-order valence-electron chi connectivity index (χ4n) is 1.08. The molecule has 0 aromatic heterocycles. The van der Waals surface area contributed by atoms with Gasteiger partial charge in [0.1, 0.15) is 0 Å². The predicted octanol–water partition coefficient (Wildman–Crippen LogP) is 4.07. The van der Waals surface area contributed by atoms with Crippen LogP contribution in [0, 0.1) is 0 Å². The summed E-state index contributed by atoms with van der Waals surface area (Å²) in [4.78, 5) is 10.6. The van der Waals surface area contributed by atoms with Crippen LogP contribution >= 0.6 is 15.9 Å². The molecule has 0 saturated carbocycles. The average Bonchev–Trinajstić information content (AvgIpc) is 2.12. The van der Waals surface area contributed by atoms with Crippen LogP contribution in [0.2, 0.25) is 0 Å². The van der Waals surface area contributed by atoms with E-state index in [-0.39, 0.29) is 10.3 Å². The molecule has 0 aliphatic heterocycles. The number of benzene rings is 1. The van der Waals surface area contributed by atoms with Crippen LogP contribution in [0.3, 0.4) is 0 Å². The SMILES string of the molecule is CC(=O)/C=C/c1ccc(C(F)(F)F)c(Br)c1. The first-order valence-electron chi connectivity index (χ1n) is 4.36. The fourth-order valence-corrected chi connectivity index (χ4v) is 1.70. The molecule has 0 amide bonds. The van der Waals surface area contributed by atoms with E-state index in [0.29, 0.717) is 5.56 Å². The molecule has 16 heavy (non-hydrogen) atoms. The lowest BCUT2D eigenvalue weighted by molar-refractivity contribution is -0.138. The molecule has 0 bridgehead atoms. The monoisotopic (exact) mass is 292 g/mol. The summed E-state index contributed by atoms with van der Waals surface area (Å²) in [7, 11) is 0. The highest BCUT2D eigenvalue weighted by atomic mass is 79.9. The molecule has 0 aliphatic carbocycles. The van der Waals surface area contributed by atoms with Crippen molar-refractivity contribution < 1.29 is 18.0 Å². The first-order chi connectivity index (χ1) is 7.30. The molecule has 0 fully saturated rings. The van der Waals surface area contributed by atoms with Crippen LogP contribution in [0.5, 0.6) is 0 Å². The van der Waals surface area contributed by atoms with Gasteiger partial charge in [-0.1, -0.05) is 28.1 Å². The maximum Gasteiger partial charge on any atom is 0.417 e. The van der Waals surface area contributed by atoms with Gasteiger partial charge >= 0.3 is 6.18 Å². The second-order valence-corrected chi connectivity index (χ2v) is 4.04. The highest BCUT2D eigenvalue weighted by molar-refractivity contribution is 9.10. The lowest BCUT2D eigenvalue weighted by Crippen LogP contribution is -2.05. The van der Waals surface area contributed by atoms with E-state index in [0.717, 1.165) is 6.07 Å². The van der Waals surface area contributed by atoms with Crippen molar-refractivity contribution in [2.45, 2.75) is 13.1 Å². The lowest BCUT2D eigenvalue weighted by atomic mass is 10.1. The number of carbonyl (C=O) groups is 1. The maximum atomic E-state index is 12.4. The number of carbonyl (C=O) groups excluding carboxylic acids is 1. The Bertz CT molecular complexity index is 435. The minimum absolute atomic E-state index is 0.0364. The number of hydrogen-bond donors (Lipinski definition) is 0. The molecule has 0 atom stereocenters. The zero-order chi connectivity index (χ0) is 12.3. The van der Waals surface area contributed by atoms with Crippen molar-refractivity contribution in [3.05, 3.63) is 39.9 Å². The summed E-state index contributed by atoms with van der Waals surface area (Å²) in [5.74, 6) is -0.156. The van der Waals surface area contributed by atoms with Gasteiger partial charge in [0.25, 0.3) is 0 Å². The Morgan fingerprint density at radius 3 is 2.44 bits per heavy atom. The third kappa shape index (κ3) is 3.48. The van der Waals surface area contributed by atoms with Gasteiger partial charge in [-0.2, -0.15) is 13.2 Å². The molecule has 1 aromatic carbocycles. The molecular weight excluding hydrogens is 285 g/mol. The van der Waals surface area contributed by atoms with E-state index in [1.807, 2.05) is 0 Å². The minimum Gasteiger partial charge on any atom is -0.295 e. The Labute approximate surface area is 99.1 Å². The lowest BCUT2D eigenvalue weighted by Gasteiger charge is -2.09. The Morgan fingerprint density at radius 2 is 2.00 bits per heavy atom. The molecule has 0 heterocycles. The van der Waals surface area contributed by atoms with Crippen molar-refractivity contribution in [2.75, 3.05) is 0 Å². The summed E-state index contributed by atoms with van der Waals surface area (Å²) in [5, 5.41) is 0. The van der Waals surface area contributed by atoms with Crippen molar-refractivity contribution >= 4 is 27.8 Å². The molecule has 0 radical (unpaired) electrons. The summed E-state index contributed by atoms with van der Waals surface area (Å²) in [6.45, 7) is 1.37. The largest absolute Gasteiger partial charge is 0.417 e. The van der Waals surface area contributed by atoms with Gasteiger partial charge in [0, 0.05) is 4.47 Å². The molecule has 0 N–H and O–H groups in total. The van der Waals surface area contributed by atoms with Crippen molar-refractivity contribution in [1.29, 1.82) is 0 Å². The average molecular weight is 293 g/mol. The molecule has 0 spiro atoms. The zero-order valence-corrected chi connectivity index (χ0v) is 9.89. The molecule has 1 aromatic rings. The Hall–Kier alpha value is -1.10. The minimum atomic E-state index is -4.37. The predicted molar refractivity (Wildman–Crippen MR) is 58.9 cm³/mol. The van der Waals surface area contributed by atoms with Crippen molar-refractivity contribution in [3.8, 4) is 0 Å². The Kier molecular flexibility index (Phi) is 3.91.